The third-order valence-corrected chi connectivity index (χ3v) is 3.45. The van der Waals surface area contributed by atoms with Gasteiger partial charge in [0.2, 0.25) is 0 Å². The first-order valence-electron chi connectivity index (χ1n) is 6.85. The van der Waals surface area contributed by atoms with Crippen LogP contribution in [0, 0.1) is 12.3 Å². The predicted octanol–water partition coefficient (Wildman–Crippen LogP) is -0.782. The number of hydrogen-bond donors (Lipinski definition) is 1. The van der Waals surface area contributed by atoms with E-state index in [0.717, 1.165) is 31.9 Å². The fourth-order valence-electron chi connectivity index (χ4n) is 2.18. The van der Waals surface area contributed by atoms with Gasteiger partial charge in [0.05, 0.1) is 25.0 Å². The van der Waals surface area contributed by atoms with E-state index in [0.29, 0.717) is 19.6 Å². The summed E-state index contributed by atoms with van der Waals surface area (Å²) >= 11 is 0. The van der Waals surface area contributed by atoms with Crippen LogP contribution in [-0.4, -0.2) is 61.0 Å². The summed E-state index contributed by atoms with van der Waals surface area (Å²) in [5.74, 6) is 2.49. The van der Waals surface area contributed by atoms with Gasteiger partial charge in [-0.1, -0.05) is 5.92 Å². The molecule has 6 nitrogen and oxygen atoms in total. The molecule has 1 aromatic heterocycles. The van der Waals surface area contributed by atoms with Gasteiger partial charge in [-0.15, -0.1) is 6.42 Å². The zero-order valence-electron chi connectivity index (χ0n) is 11.9. The number of anilines is 1. The van der Waals surface area contributed by atoms with Crippen LogP contribution in [0.3, 0.4) is 0 Å². The number of terminal acetylenes is 1. The maximum absolute atomic E-state index is 12.0. The second-order valence-electron chi connectivity index (χ2n) is 4.95. The van der Waals surface area contributed by atoms with Crippen molar-refractivity contribution in [1.29, 1.82) is 0 Å². The summed E-state index contributed by atoms with van der Waals surface area (Å²) in [4.78, 5) is 16.5. The van der Waals surface area contributed by atoms with Crippen LogP contribution in [0.4, 0.5) is 5.69 Å². The lowest BCUT2D eigenvalue weighted by Crippen LogP contribution is -2.45. The molecular weight excluding hydrogens is 254 g/mol. The summed E-state index contributed by atoms with van der Waals surface area (Å²) in [6, 6.07) is 1.67. The van der Waals surface area contributed by atoms with Crippen LogP contribution in [0.5, 0.6) is 0 Å². The van der Waals surface area contributed by atoms with Crippen LogP contribution in [0.15, 0.2) is 17.1 Å². The molecule has 2 rings (SSSR count). The van der Waals surface area contributed by atoms with Gasteiger partial charge in [-0.05, 0) is 7.05 Å². The van der Waals surface area contributed by atoms with Gasteiger partial charge < -0.3 is 15.1 Å². The molecule has 1 aliphatic rings. The number of nitrogens with zero attached hydrogens (tertiary/aromatic N) is 4. The molecule has 0 bridgehead atoms. The van der Waals surface area contributed by atoms with Crippen LogP contribution in [-0.2, 0) is 6.54 Å². The molecular formula is C14H21N5O. The standard InChI is InChI=1S/C14H21N5O/c1-3-4-15-5-6-19-14(20)11-13(12-16-19)18-9-7-17(2)8-10-18/h1,11-12,15H,4-10H2,2H3. The van der Waals surface area contributed by atoms with Crippen LogP contribution in [0.2, 0.25) is 0 Å². The topological polar surface area (TPSA) is 53.4 Å². The zero-order chi connectivity index (χ0) is 14.4. The molecule has 20 heavy (non-hydrogen) atoms. The van der Waals surface area contributed by atoms with Gasteiger partial charge in [-0.3, -0.25) is 4.79 Å². The molecule has 0 radical (unpaired) electrons. The molecule has 1 N–H and O–H groups in total. The van der Waals surface area contributed by atoms with Gasteiger partial charge in [-0.2, -0.15) is 5.10 Å². The minimum Gasteiger partial charge on any atom is -0.368 e. The summed E-state index contributed by atoms with van der Waals surface area (Å²) in [6.07, 6.45) is 6.92. The summed E-state index contributed by atoms with van der Waals surface area (Å²) in [5, 5.41) is 7.27. The summed E-state index contributed by atoms with van der Waals surface area (Å²) < 4.78 is 1.46. The third kappa shape index (κ3) is 3.83. The van der Waals surface area contributed by atoms with Gasteiger partial charge >= 0.3 is 0 Å². The average molecular weight is 275 g/mol. The first-order valence-corrected chi connectivity index (χ1v) is 6.85. The third-order valence-electron chi connectivity index (χ3n) is 3.45. The number of likely N-dealkylation sites (N-methyl/N-ethyl adjacent to an activating group) is 1. The highest BCUT2D eigenvalue weighted by molar-refractivity contribution is 5.43. The molecule has 1 aliphatic heterocycles. The molecule has 0 amide bonds. The highest BCUT2D eigenvalue weighted by Crippen LogP contribution is 2.11. The van der Waals surface area contributed by atoms with Crippen LogP contribution in [0.1, 0.15) is 0 Å². The molecule has 1 fully saturated rings. The number of piperazine rings is 1. The fourth-order valence-corrected chi connectivity index (χ4v) is 2.18. The molecule has 0 saturated carbocycles. The van der Waals surface area contributed by atoms with Gasteiger partial charge in [0.25, 0.3) is 5.56 Å². The Morgan fingerprint density at radius 3 is 2.80 bits per heavy atom. The second-order valence-corrected chi connectivity index (χ2v) is 4.95. The van der Waals surface area contributed by atoms with Crippen molar-refractivity contribution < 1.29 is 0 Å². The molecule has 0 aliphatic carbocycles. The number of aromatic nitrogens is 2. The van der Waals surface area contributed by atoms with E-state index < -0.39 is 0 Å². The summed E-state index contributed by atoms with van der Waals surface area (Å²) in [6.45, 7) is 5.58. The van der Waals surface area contributed by atoms with Crippen LogP contribution >= 0.6 is 0 Å². The van der Waals surface area contributed by atoms with E-state index in [9.17, 15) is 4.79 Å². The highest BCUT2D eigenvalue weighted by Gasteiger charge is 2.15. The monoisotopic (exact) mass is 275 g/mol. The number of nitrogens with one attached hydrogen (secondary N) is 1. The quantitative estimate of drug-likeness (QED) is 0.564. The van der Waals surface area contributed by atoms with E-state index in [4.69, 9.17) is 6.42 Å². The van der Waals surface area contributed by atoms with Crippen molar-refractivity contribution in [2.75, 3.05) is 51.2 Å². The van der Waals surface area contributed by atoms with Crippen molar-refractivity contribution >= 4 is 5.69 Å². The van der Waals surface area contributed by atoms with Crippen molar-refractivity contribution in [3.63, 3.8) is 0 Å². The lowest BCUT2D eigenvalue weighted by Gasteiger charge is -2.33. The Balaban J connectivity index is 1.95. The molecule has 6 heteroatoms. The molecule has 0 spiro atoms. The Morgan fingerprint density at radius 2 is 2.15 bits per heavy atom. The Labute approximate surface area is 119 Å². The minimum absolute atomic E-state index is 0.0658. The van der Waals surface area contributed by atoms with Gasteiger partial charge in [0.15, 0.2) is 0 Å². The summed E-state index contributed by atoms with van der Waals surface area (Å²) in [7, 11) is 2.11. The lowest BCUT2D eigenvalue weighted by molar-refractivity contribution is 0.312. The fraction of sp³-hybridized carbons (Fsp3) is 0.571. The van der Waals surface area contributed by atoms with Crippen molar-refractivity contribution in [3.05, 3.63) is 22.6 Å². The molecule has 0 unspecified atom stereocenters. The Kier molecular flexibility index (Phi) is 5.16. The van der Waals surface area contributed by atoms with E-state index in [-0.39, 0.29) is 5.56 Å². The second kappa shape index (κ2) is 7.08. The maximum atomic E-state index is 12.0. The van der Waals surface area contributed by atoms with Gasteiger partial charge in [0, 0.05) is 38.8 Å². The van der Waals surface area contributed by atoms with E-state index >= 15 is 0 Å². The molecule has 108 valence electrons. The van der Waals surface area contributed by atoms with E-state index in [2.05, 4.69) is 33.2 Å². The number of rotatable bonds is 5. The van der Waals surface area contributed by atoms with Gasteiger partial charge in [0.1, 0.15) is 0 Å². The Hall–Kier alpha value is -1.84. The smallest absolute Gasteiger partial charge is 0.268 e. The number of hydrogen-bond acceptors (Lipinski definition) is 5. The SMILES string of the molecule is C#CCNCCn1ncc(N2CCN(C)CC2)cc1=O. The Morgan fingerprint density at radius 1 is 1.40 bits per heavy atom. The van der Waals surface area contributed by atoms with Crippen LogP contribution < -0.4 is 15.8 Å². The lowest BCUT2D eigenvalue weighted by atomic mass is 10.3. The molecule has 0 atom stereocenters. The van der Waals surface area contributed by atoms with Crippen LogP contribution in [0.25, 0.3) is 0 Å². The predicted molar refractivity (Wildman–Crippen MR) is 79.9 cm³/mol. The normalized spacial score (nSPS) is 16.1. The molecule has 1 aromatic rings. The molecule has 2 heterocycles. The zero-order valence-corrected chi connectivity index (χ0v) is 11.9. The Bertz CT molecular complexity index is 525. The van der Waals surface area contributed by atoms with Crippen molar-refractivity contribution in [3.8, 4) is 12.3 Å². The van der Waals surface area contributed by atoms with Crippen molar-refractivity contribution in [2.24, 2.45) is 0 Å². The highest BCUT2D eigenvalue weighted by atomic mass is 16.1. The van der Waals surface area contributed by atoms with Crippen molar-refractivity contribution in [1.82, 2.24) is 20.0 Å². The first kappa shape index (κ1) is 14.6. The maximum Gasteiger partial charge on any atom is 0.268 e. The molecule has 0 aromatic carbocycles. The van der Waals surface area contributed by atoms with E-state index in [1.165, 1.54) is 4.68 Å². The molecule has 1 saturated heterocycles. The van der Waals surface area contributed by atoms with E-state index in [1.807, 2.05) is 0 Å². The van der Waals surface area contributed by atoms with E-state index in [1.54, 1.807) is 12.3 Å². The average Bonchev–Trinajstić information content (AvgIpc) is 2.46. The van der Waals surface area contributed by atoms with Gasteiger partial charge in [-0.25, -0.2) is 4.68 Å². The summed E-state index contributed by atoms with van der Waals surface area (Å²) in [5.41, 5.74) is 0.847. The minimum atomic E-state index is -0.0658. The van der Waals surface area contributed by atoms with Crippen molar-refractivity contribution in [2.45, 2.75) is 6.54 Å². The first-order chi connectivity index (χ1) is 9.70. The largest absolute Gasteiger partial charge is 0.368 e.